The molecule has 23 heavy (non-hydrogen) atoms. The van der Waals surface area contributed by atoms with Gasteiger partial charge in [-0.1, -0.05) is 12.2 Å². The molecule has 1 heterocycles. The summed E-state index contributed by atoms with van der Waals surface area (Å²) in [6.07, 6.45) is 5.02. The van der Waals surface area contributed by atoms with Gasteiger partial charge in [0.2, 0.25) is 11.8 Å². The van der Waals surface area contributed by atoms with Gasteiger partial charge in [0.15, 0.2) is 6.61 Å². The minimum Gasteiger partial charge on any atom is -0.482 e. The van der Waals surface area contributed by atoms with Crippen molar-refractivity contribution in [2.45, 2.75) is 6.42 Å². The zero-order valence-electron chi connectivity index (χ0n) is 12.2. The SMILES string of the molecule is O=C(O)COc1ccc(N2C(=O)C3C4C=CC(C4)C3C2=O)cc1. The Morgan fingerprint density at radius 2 is 1.65 bits per heavy atom. The number of aliphatic carboxylic acids is 1. The number of allylic oxidation sites excluding steroid dienone is 2. The fraction of sp³-hybridized carbons (Fsp3) is 0.353. The Morgan fingerprint density at radius 3 is 2.17 bits per heavy atom. The Bertz CT molecular complexity index is 693. The monoisotopic (exact) mass is 313 g/mol. The van der Waals surface area contributed by atoms with Gasteiger partial charge in [-0.25, -0.2) is 4.79 Å². The van der Waals surface area contributed by atoms with Gasteiger partial charge in [0.1, 0.15) is 5.75 Å². The van der Waals surface area contributed by atoms with E-state index in [2.05, 4.69) is 12.2 Å². The first kappa shape index (κ1) is 14.0. The maximum atomic E-state index is 12.6. The number of carboxylic acid groups (broad SMARTS) is 1. The van der Waals surface area contributed by atoms with Crippen molar-refractivity contribution in [3.63, 3.8) is 0 Å². The van der Waals surface area contributed by atoms with Crippen LogP contribution in [0.2, 0.25) is 0 Å². The summed E-state index contributed by atoms with van der Waals surface area (Å²) < 4.78 is 5.06. The lowest BCUT2D eigenvalue weighted by Crippen LogP contribution is -2.32. The van der Waals surface area contributed by atoms with Gasteiger partial charge >= 0.3 is 5.97 Å². The predicted octanol–water partition coefficient (Wildman–Crippen LogP) is 1.46. The summed E-state index contributed by atoms with van der Waals surface area (Å²) in [4.78, 5) is 37.1. The number of carbonyl (C=O) groups excluding carboxylic acids is 2. The zero-order valence-corrected chi connectivity index (χ0v) is 12.2. The first-order valence-corrected chi connectivity index (χ1v) is 7.57. The average Bonchev–Trinajstić information content (AvgIpc) is 3.20. The van der Waals surface area contributed by atoms with Gasteiger partial charge in [-0.2, -0.15) is 0 Å². The van der Waals surface area contributed by atoms with Crippen molar-refractivity contribution in [1.82, 2.24) is 0 Å². The fourth-order valence-corrected chi connectivity index (χ4v) is 3.99. The number of imide groups is 1. The van der Waals surface area contributed by atoms with Crippen molar-refractivity contribution in [2.75, 3.05) is 11.5 Å². The number of rotatable bonds is 4. The van der Waals surface area contributed by atoms with Gasteiger partial charge in [-0.3, -0.25) is 14.5 Å². The third-order valence-corrected chi connectivity index (χ3v) is 4.93. The van der Waals surface area contributed by atoms with Crippen LogP contribution in [-0.4, -0.2) is 29.5 Å². The van der Waals surface area contributed by atoms with Crippen molar-refractivity contribution >= 4 is 23.5 Å². The molecule has 1 saturated heterocycles. The Kier molecular flexibility index (Phi) is 3.01. The van der Waals surface area contributed by atoms with Crippen LogP contribution in [0.4, 0.5) is 5.69 Å². The normalized spacial score (nSPS) is 30.9. The summed E-state index contributed by atoms with van der Waals surface area (Å²) in [5.74, 6) is -1.01. The van der Waals surface area contributed by atoms with Crippen LogP contribution in [0.1, 0.15) is 6.42 Å². The molecule has 6 heteroatoms. The summed E-state index contributed by atoms with van der Waals surface area (Å²) in [6.45, 7) is -0.430. The van der Waals surface area contributed by atoms with E-state index in [9.17, 15) is 14.4 Å². The van der Waals surface area contributed by atoms with E-state index in [1.54, 1.807) is 24.3 Å². The molecule has 0 spiro atoms. The molecule has 1 aromatic carbocycles. The Labute approximate surface area is 132 Å². The lowest BCUT2D eigenvalue weighted by molar-refractivity contribution is -0.139. The Hall–Kier alpha value is -2.63. The van der Waals surface area contributed by atoms with Crippen LogP contribution in [0.3, 0.4) is 0 Å². The van der Waals surface area contributed by atoms with Crippen LogP contribution in [0.5, 0.6) is 5.75 Å². The van der Waals surface area contributed by atoms with E-state index in [0.717, 1.165) is 6.42 Å². The van der Waals surface area contributed by atoms with E-state index in [1.807, 2.05) is 0 Å². The molecule has 1 N–H and O–H groups in total. The summed E-state index contributed by atoms with van der Waals surface area (Å²) in [5, 5.41) is 8.59. The highest BCUT2D eigenvalue weighted by molar-refractivity contribution is 6.22. The second-order valence-corrected chi connectivity index (χ2v) is 6.19. The first-order valence-electron chi connectivity index (χ1n) is 7.57. The highest BCUT2D eigenvalue weighted by Crippen LogP contribution is 2.53. The highest BCUT2D eigenvalue weighted by Gasteiger charge is 2.59. The van der Waals surface area contributed by atoms with Crippen LogP contribution in [0, 0.1) is 23.7 Å². The quantitative estimate of drug-likeness (QED) is 0.672. The largest absolute Gasteiger partial charge is 0.482 e. The second kappa shape index (κ2) is 4.94. The molecule has 3 aliphatic rings. The van der Waals surface area contributed by atoms with E-state index >= 15 is 0 Å². The molecule has 1 aromatic rings. The number of fused-ring (bicyclic) bond motifs is 5. The number of hydrogen-bond donors (Lipinski definition) is 1. The molecule has 2 amide bonds. The number of hydrogen-bond acceptors (Lipinski definition) is 4. The molecule has 4 atom stereocenters. The molecule has 0 radical (unpaired) electrons. The molecule has 6 nitrogen and oxygen atoms in total. The summed E-state index contributed by atoms with van der Waals surface area (Å²) in [6, 6.07) is 6.37. The summed E-state index contributed by atoms with van der Waals surface area (Å²) in [5.41, 5.74) is 0.511. The van der Waals surface area contributed by atoms with Crippen molar-refractivity contribution in [3.8, 4) is 5.75 Å². The molecular weight excluding hydrogens is 298 g/mol. The fourth-order valence-electron chi connectivity index (χ4n) is 3.99. The second-order valence-electron chi connectivity index (χ2n) is 6.19. The van der Waals surface area contributed by atoms with Crippen LogP contribution < -0.4 is 9.64 Å². The predicted molar refractivity (Wildman–Crippen MR) is 79.8 cm³/mol. The first-order chi connectivity index (χ1) is 11.1. The molecule has 118 valence electrons. The summed E-state index contributed by atoms with van der Waals surface area (Å²) >= 11 is 0. The third kappa shape index (κ3) is 2.05. The number of anilines is 1. The maximum Gasteiger partial charge on any atom is 0.341 e. The van der Waals surface area contributed by atoms with E-state index < -0.39 is 12.6 Å². The van der Waals surface area contributed by atoms with Crippen LogP contribution in [0.25, 0.3) is 0 Å². The van der Waals surface area contributed by atoms with Crippen LogP contribution >= 0.6 is 0 Å². The lowest BCUT2D eigenvalue weighted by atomic mass is 9.85. The molecule has 2 bridgehead atoms. The minimum absolute atomic E-state index is 0.129. The van der Waals surface area contributed by atoms with Crippen molar-refractivity contribution in [1.29, 1.82) is 0 Å². The third-order valence-electron chi connectivity index (χ3n) is 4.93. The smallest absolute Gasteiger partial charge is 0.341 e. The maximum absolute atomic E-state index is 12.6. The Morgan fingerprint density at radius 1 is 1.09 bits per heavy atom. The van der Waals surface area contributed by atoms with Gasteiger partial charge in [0.25, 0.3) is 0 Å². The van der Waals surface area contributed by atoms with E-state index in [-0.39, 0.29) is 35.5 Å². The van der Waals surface area contributed by atoms with E-state index in [1.165, 1.54) is 4.90 Å². The van der Waals surface area contributed by atoms with E-state index in [4.69, 9.17) is 9.84 Å². The molecule has 0 aromatic heterocycles. The van der Waals surface area contributed by atoms with Gasteiger partial charge in [-0.05, 0) is 42.5 Å². The number of carboxylic acids is 1. The van der Waals surface area contributed by atoms with Gasteiger partial charge in [0.05, 0.1) is 17.5 Å². The molecule has 4 rings (SSSR count). The topological polar surface area (TPSA) is 83.9 Å². The Balaban J connectivity index is 1.56. The number of benzene rings is 1. The molecule has 2 fully saturated rings. The average molecular weight is 313 g/mol. The zero-order chi connectivity index (χ0) is 16.1. The van der Waals surface area contributed by atoms with Crippen LogP contribution in [-0.2, 0) is 14.4 Å². The molecule has 1 aliphatic heterocycles. The molecular formula is C17H15NO5. The van der Waals surface area contributed by atoms with Crippen molar-refractivity contribution in [3.05, 3.63) is 36.4 Å². The van der Waals surface area contributed by atoms with Gasteiger partial charge < -0.3 is 9.84 Å². The van der Waals surface area contributed by atoms with Gasteiger partial charge in [-0.15, -0.1) is 0 Å². The number of amides is 2. The van der Waals surface area contributed by atoms with Crippen molar-refractivity contribution in [2.24, 2.45) is 23.7 Å². The van der Waals surface area contributed by atoms with E-state index in [0.29, 0.717) is 11.4 Å². The lowest BCUT2D eigenvalue weighted by Gasteiger charge is -2.17. The van der Waals surface area contributed by atoms with Crippen molar-refractivity contribution < 1.29 is 24.2 Å². The standard InChI is InChI=1S/C17H15NO5/c19-13(20)8-23-12-5-3-11(4-6-12)18-16(21)14-9-1-2-10(7-9)15(14)17(18)22/h1-6,9-10,14-15H,7-8H2,(H,19,20). The van der Waals surface area contributed by atoms with Gasteiger partial charge in [0, 0.05) is 0 Å². The molecule has 1 saturated carbocycles. The minimum atomic E-state index is -1.06. The molecule has 4 unspecified atom stereocenters. The number of ether oxygens (including phenoxy) is 1. The highest BCUT2D eigenvalue weighted by atomic mass is 16.5. The molecule has 2 aliphatic carbocycles. The number of nitrogens with zero attached hydrogens (tertiary/aromatic N) is 1. The van der Waals surface area contributed by atoms with Crippen LogP contribution in [0.15, 0.2) is 36.4 Å². The number of carbonyl (C=O) groups is 3. The summed E-state index contributed by atoms with van der Waals surface area (Å²) in [7, 11) is 0.